The molecule has 5 rings (SSSR count). The number of fused-ring (bicyclic) bond motifs is 1. The molecule has 1 saturated heterocycles. The number of primary amides is 1. The van der Waals surface area contributed by atoms with E-state index in [4.69, 9.17) is 15.2 Å². The largest absolute Gasteiger partial charge is 0.444 e. The maximum Gasteiger partial charge on any atom is 0.411 e. The van der Waals surface area contributed by atoms with Crippen molar-refractivity contribution in [3.05, 3.63) is 59.6 Å². The number of nitrogens with two attached hydrogens (primary N) is 1. The number of benzene rings is 1. The average Bonchev–Trinajstić information content (AvgIpc) is 3.45. The lowest BCUT2D eigenvalue weighted by atomic mass is 9.83. The summed E-state index contributed by atoms with van der Waals surface area (Å²) in [5.41, 5.74) is 2.27. The lowest BCUT2D eigenvalue weighted by Gasteiger charge is -2.46. The highest BCUT2D eigenvalue weighted by Crippen LogP contribution is 2.37. The van der Waals surface area contributed by atoms with E-state index in [-0.39, 0.29) is 66.6 Å². The van der Waals surface area contributed by atoms with E-state index in [1.54, 1.807) is 30.2 Å². The number of aromatic nitrogens is 5. The highest BCUT2D eigenvalue weighted by Gasteiger charge is 2.48. The van der Waals surface area contributed by atoms with Gasteiger partial charge in [-0.2, -0.15) is 4.98 Å². The zero-order valence-corrected chi connectivity index (χ0v) is 30.0. The number of anilines is 1. The molecule has 1 aromatic carbocycles. The number of aliphatic hydroxyl groups excluding tert-OH is 1. The van der Waals surface area contributed by atoms with E-state index in [2.05, 4.69) is 25.3 Å². The van der Waals surface area contributed by atoms with Crippen molar-refractivity contribution in [2.45, 2.75) is 96.4 Å². The van der Waals surface area contributed by atoms with Gasteiger partial charge in [0.1, 0.15) is 23.3 Å². The number of imidazole rings is 1. The van der Waals surface area contributed by atoms with Gasteiger partial charge in [0.05, 0.1) is 36.0 Å². The van der Waals surface area contributed by atoms with Crippen LogP contribution in [0.25, 0.3) is 22.4 Å². The van der Waals surface area contributed by atoms with Gasteiger partial charge in [-0.15, -0.1) is 0 Å². The smallest absolute Gasteiger partial charge is 0.411 e. The Morgan fingerprint density at radius 1 is 1.08 bits per heavy atom. The molecule has 286 valence electrons. The fraction of sp³-hybridized carbons (Fsp3) is 0.486. The first-order valence-electron chi connectivity index (χ1n) is 16.7. The van der Waals surface area contributed by atoms with Gasteiger partial charge >= 0.3 is 12.2 Å². The molecule has 4 heterocycles. The monoisotopic (exact) mass is 748 g/mol. The molecule has 4 N–H and O–H groups in total. The van der Waals surface area contributed by atoms with Gasteiger partial charge in [0.2, 0.25) is 0 Å². The van der Waals surface area contributed by atoms with Crippen LogP contribution >= 0.6 is 0 Å². The van der Waals surface area contributed by atoms with Gasteiger partial charge in [-0.1, -0.05) is 20.8 Å². The van der Waals surface area contributed by atoms with Gasteiger partial charge in [-0.25, -0.2) is 41.5 Å². The molecule has 0 aliphatic carbocycles. The molecular formula is C35H41F5N8O5. The lowest BCUT2D eigenvalue weighted by molar-refractivity contribution is -0.0664. The van der Waals surface area contributed by atoms with Crippen LogP contribution in [-0.2, 0) is 16.7 Å². The second-order valence-corrected chi connectivity index (χ2v) is 14.9. The molecule has 2 unspecified atom stereocenters. The van der Waals surface area contributed by atoms with Crippen LogP contribution in [0.5, 0.6) is 5.88 Å². The van der Waals surface area contributed by atoms with Crippen molar-refractivity contribution < 1.29 is 46.1 Å². The summed E-state index contributed by atoms with van der Waals surface area (Å²) in [6, 6.07) is 4.42. The number of carbonyl (C=O) groups is 2. The third-order valence-corrected chi connectivity index (χ3v) is 8.55. The summed E-state index contributed by atoms with van der Waals surface area (Å²) in [6.45, 7) is 10.2. The SMILES string of the molecule is CC(C)(C)OC(=O)NC1(C(O)C(F)F)CCCN(c2cnc(-c3ccc(F)cc3C(F)F)cc2Cn2cnc3c(OC(N)=O)nc(C(C)(C)C)nc32)C1. The fourth-order valence-corrected chi connectivity index (χ4v) is 6.17. The summed E-state index contributed by atoms with van der Waals surface area (Å²) in [5, 5.41) is 13.4. The van der Waals surface area contributed by atoms with Crippen LogP contribution in [0.2, 0.25) is 0 Å². The molecule has 1 fully saturated rings. The molecule has 3 aromatic heterocycles. The number of rotatable bonds is 9. The Kier molecular flexibility index (Phi) is 10.9. The third-order valence-electron chi connectivity index (χ3n) is 8.55. The second kappa shape index (κ2) is 14.7. The molecule has 0 saturated carbocycles. The molecule has 0 radical (unpaired) electrons. The van der Waals surface area contributed by atoms with E-state index in [1.807, 2.05) is 20.8 Å². The van der Waals surface area contributed by atoms with Gasteiger partial charge in [-0.05, 0) is 63.4 Å². The summed E-state index contributed by atoms with van der Waals surface area (Å²) >= 11 is 0. The molecule has 18 heteroatoms. The number of amides is 2. The highest BCUT2D eigenvalue weighted by atomic mass is 19.3. The minimum absolute atomic E-state index is 0.0241. The minimum Gasteiger partial charge on any atom is -0.444 e. The van der Waals surface area contributed by atoms with Crippen molar-refractivity contribution in [2.24, 2.45) is 5.73 Å². The number of aliphatic hydroxyl groups is 1. The van der Waals surface area contributed by atoms with Gasteiger partial charge in [0, 0.05) is 29.6 Å². The number of pyridine rings is 1. The van der Waals surface area contributed by atoms with Gasteiger partial charge < -0.3 is 35.1 Å². The van der Waals surface area contributed by atoms with E-state index >= 15 is 0 Å². The lowest BCUT2D eigenvalue weighted by Crippen LogP contribution is -2.67. The van der Waals surface area contributed by atoms with Crippen molar-refractivity contribution in [1.29, 1.82) is 0 Å². The molecule has 13 nitrogen and oxygen atoms in total. The maximum absolute atomic E-state index is 14.2. The van der Waals surface area contributed by atoms with Crippen LogP contribution in [0.4, 0.5) is 37.2 Å². The Morgan fingerprint density at radius 2 is 1.79 bits per heavy atom. The first kappa shape index (κ1) is 39.1. The van der Waals surface area contributed by atoms with Crippen LogP contribution in [-0.4, -0.2) is 78.6 Å². The number of ether oxygens (including phenoxy) is 2. The van der Waals surface area contributed by atoms with E-state index in [9.17, 15) is 36.6 Å². The Labute approximate surface area is 301 Å². The van der Waals surface area contributed by atoms with Gasteiger partial charge in [0.15, 0.2) is 11.2 Å². The molecule has 1 aliphatic rings. The Hall–Kier alpha value is -5.13. The van der Waals surface area contributed by atoms with E-state index in [1.165, 1.54) is 24.7 Å². The van der Waals surface area contributed by atoms with Crippen LogP contribution in [0.15, 0.2) is 36.8 Å². The Bertz CT molecular complexity index is 2000. The van der Waals surface area contributed by atoms with Crippen molar-refractivity contribution >= 4 is 29.0 Å². The summed E-state index contributed by atoms with van der Waals surface area (Å²) in [5.74, 6) is -0.778. The molecular weight excluding hydrogens is 707 g/mol. The Morgan fingerprint density at radius 3 is 2.42 bits per heavy atom. The number of hydrogen-bond donors (Lipinski definition) is 3. The Balaban J connectivity index is 1.67. The number of hydrogen-bond acceptors (Lipinski definition) is 10. The average molecular weight is 749 g/mol. The normalized spacial score (nSPS) is 17.4. The predicted octanol–water partition coefficient (Wildman–Crippen LogP) is 6.26. The third kappa shape index (κ3) is 8.75. The molecule has 0 spiro atoms. The van der Waals surface area contributed by atoms with E-state index < -0.39 is 59.1 Å². The number of nitrogens with one attached hydrogen (secondary N) is 1. The maximum atomic E-state index is 14.2. The predicted molar refractivity (Wildman–Crippen MR) is 183 cm³/mol. The quantitative estimate of drug-likeness (QED) is 0.166. The summed E-state index contributed by atoms with van der Waals surface area (Å²) < 4.78 is 82.9. The highest BCUT2D eigenvalue weighted by molar-refractivity contribution is 5.80. The van der Waals surface area contributed by atoms with Crippen molar-refractivity contribution in [3.63, 3.8) is 0 Å². The molecule has 2 amide bonds. The van der Waals surface area contributed by atoms with Crippen molar-refractivity contribution in [2.75, 3.05) is 18.0 Å². The van der Waals surface area contributed by atoms with Crippen LogP contribution in [0, 0.1) is 5.82 Å². The molecule has 53 heavy (non-hydrogen) atoms. The zero-order valence-electron chi connectivity index (χ0n) is 30.0. The van der Waals surface area contributed by atoms with Crippen LogP contribution in [0.3, 0.4) is 0 Å². The summed E-state index contributed by atoms with van der Waals surface area (Å²) in [6.07, 6.45) is -7.75. The number of alkyl halides is 4. The van der Waals surface area contributed by atoms with E-state index in [0.717, 1.165) is 12.1 Å². The molecule has 2 atom stereocenters. The number of alkyl carbamates (subject to hydrolysis) is 1. The number of halogens is 5. The summed E-state index contributed by atoms with van der Waals surface area (Å²) in [7, 11) is 0. The summed E-state index contributed by atoms with van der Waals surface area (Å²) in [4.78, 5) is 44.1. The standard InChI is InChI=1S/C35H41F5N8O5/c1-33(2,3)30-44-28-24(29(45-30)52-31(41)50)43-17-48(28)15-18-12-22(20-9-8-19(36)13-21(20)26(37)38)42-14-23(18)47-11-7-10-35(16-47,25(49)27(39)40)46-32(51)53-34(4,5)6/h8-9,12-14,17,25-27,49H,7,10-11,15-16H2,1-6H3,(H2,41,50)(H,46,51). The number of carbonyl (C=O) groups excluding carboxylic acids is 2. The minimum atomic E-state index is -3.23. The van der Waals surface area contributed by atoms with Gasteiger partial charge in [0.25, 0.3) is 18.7 Å². The fourth-order valence-electron chi connectivity index (χ4n) is 6.17. The first-order valence-corrected chi connectivity index (χ1v) is 16.7. The van der Waals surface area contributed by atoms with Crippen LogP contribution in [0.1, 0.15) is 77.8 Å². The van der Waals surface area contributed by atoms with E-state index in [0.29, 0.717) is 11.3 Å². The number of piperidine rings is 1. The van der Waals surface area contributed by atoms with Crippen molar-refractivity contribution in [1.82, 2.24) is 29.8 Å². The zero-order chi connectivity index (χ0) is 39.0. The second-order valence-electron chi connectivity index (χ2n) is 14.9. The molecule has 4 aromatic rings. The molecule has 0 bridgehead atoms. The van der Waals surface area contributed by atoms with Crippen LogP contribution < -0.4 is 20.7 Å². The number of nitrogens with zero attached hydrogens (tertiary/aromatic N) is 6. The van der Waals surface area contributed by atoms with Gasteiger partial charge in [-0.3, -0.25) is 4.98 Å². The van der Waals surface area contributed by atoms with Crippen molar-refractivity contribution in [3.8, 4) is 17.1 Å². The topological polar surface area (TPSA) is 171 Å². The first-order chi connectivity index (χ1) is 24.7. The molecule has 1 aliphatic heterocycles.